The molecule has 0 radical (unpaired) electrons. The number of ether oxygens (including phenoxy) is 1. The van der Waals surface area contributed by atoms with Crippen LogP contribution >= 0.6 is 39.1 Å². The molecule has 19 heavy (non-hydrogen) atoms. The molecule has 1 aromatic heterocycles. The minimum atomic E-state index is -0.668. The molecule has 9 heteroatoms. The van der Waals surface area contributed by atoms with Gasteiger partial charge in [-0.15, -0.1) is 0 Å². The zero-order valence-electron chi connectivity index (χ0n) is 9.01. The van der Waals surface area contributed by atoms with Crippen molar-refractivity contribution in [1.82, 2.24) is 9.97 Å². The van der Waals surface area contributed by atoms with E-state index < -0.39 is 10.6 Å². The van der Waals surface area contributed by atoms with Crippen molar-refractivity contribution in [2.75, 3.05) is 0 Å². The first-order valence-corrected chi connectivity index (χ1v) is 6.32. The monoisotopic (exact) mass is 363 g/mol. The highest BCUT2D eigenvalue weighted by atomic mass is 79.9. The summed E-state index contributed by atoms with van der Waals surface area (Å²) in [7, 11) is 0. The molecule has 98 valence electrons. The van der Waals surface area contributed by atoms with Gasteiger partial charge in [-0.05, 0) is 29.8 Å². The fourth-order valence-corrected chi connectivity index (χ4v) is 2.04. The quantitative estimate of drug-likeness (QED) is 0.462. The van der Waals surface area contributed by atoms with Crippen molar-refractivity contribution in [1.29, 1.82) is 0 Å². The lowest BCUT2D eigenvalue weighted by Gasteiger charge is -2.07. The summed E-state index contributed by atoms with van der Waals surface area (Å²) in [6, 6.07) is 4.81. The van der Waals surface area contributed by atoms with Gasteiger partial charge in [0.1, 0.15) is 11.9 Å². The smallest absolute Gasteiger partial charge is 0.349 e. The highest BCUT2D eigenvalue weighted by Crippen LogP contribution is 2.34. The zero-order valence-corrected chi connectivity index (χ0v) is 12.1. The van der Waals surface area contributed by atoms with E-state index in [1.165, 1.54) is 0 Å². The maximum absolute atomic E-state index is 10.8. The molecular formula is C10H4BrCl2N3O3. The van der Waals surface area contributed by atoms with Crippen LogP contribution in [-0.2, 0) is 0 Å². The van der Waals surface area contributed by atoms with Crippen LogP contribution in [0.4, 0.5) is 5.69 Å². The van der Waals surface area contributed by atoms with Gasteiger partial charge >= 0.3 is 11.6 Å². The van der Waals surface area contributed by atoms with Gasteiger partial charge in [-0.25, -0.2) is 4.98 Å². The molecule has 1 heterocycles. The minimum absolute atomic E-state index is 0.158. The number of rotatable bonds is 3. The summed E-state index contributed by atoms with van der Waals surface area (Å²) >= 11 is 14.8. The molecule has 0 aliphatic heterocycles. The molecule has 0 bridgehead atoms. The van der Waals surface area contributed by atoms with Crippen LogP contribution in [0, 0.1) is 10.1 Å². The molecule has 0 saturated heterocycles. The van der Waals surface area contributed by atoms with Crippen molar-refractivity contribution in [3.05, 3.63) is 49.3 Å². The van der Waals surface area contributed by atoms with Crippen LogP contribution < -0.4 is 4.74 Å². The highest BCUT2D eigenvalue weighted by Gasteiger charge is 2.20. The Morgan fingerprint density at radius 3 is 2.74 bits per heavy atom. The van der Waals surface area contributed by atoms with Gasteiger partial charge in [0.15, 0.2) is 0 Å². The predicted molar refractivity (Wildman–Crippen MR) is 72.9 cm³/mol. The van der Waals surface area contributed by atoms with Crippen LogP contribution in [-0.4, -0.2) is 14.9 Å². The average molecular weight is 365 g/mol. The first kappa shape index (κ1) is 14.0. The Morgan fingerprint density at radius 2 is 2.11 bits per heavy atom. The Morgan fingerprint density at radius 1 is 1.37 bits per heavy atom. The number of aromatic nitrogens is 2. The van der Waals surface area contributed by atoms with Crippen LogP contribution in [0.1, 0.15) is 0 Å². The molecule has 0 spiro atoms. The van der Waals surface area contributed by atoms with Gasteiger partial charge in [0.05, 0.1) is 9.95 Å². The Kier molecular flexibility index (Phi) is 4.18. The van der Waals surface area contributed by atoms with E-state index in [9.17, 15) is 10.1 Å². The van der Waals surface area contributed by atoms with Gasteiger partial charge in [-0.3, -0.25) is 10.1 Å². The lowest BCUT2D eigenvalue weighted by atomic mass is 10.3. The summed E-state index contributed by atoms with van der Waals surface area (Å²) in [5.74, 6) is -0.0445. The third kappa shape index (κ3) is 3.31. The molecule has 0 aliphatic rings. The molecule has 0 aliphatic carbocycles. The third-order valence-corrected chi connectivity index (χ3v) is 2.97. The summed E-state index contributed by atoms with van der Waals surface area (Å²) in [6.07, 6.45) is 0.970. The Balaban J connectivity index is 2.42. The van der Waals surface area contributed by atoms with E-state index in [2.05, 4.69) is 25.9 Å². The molecule has 0 fully saturated rings. The normalized spacial score (nSPS) is 10.3. The Hall–Kier alpha value is -1.44. The van der Waals surface area contributed by atoms with Gasteiger partial charge in [-0.2, -0.15) is 4.98 Å². The van der Waals surface area contributed by atoms with Crippen LogP contribution in [0.3, 0.4) is 0 Å². The first-order valence-electron chi connectivity index (χ1n) is 4.77. The molecule has 1 aromatic carbocycles. The van der Waals surface area contributed by atoms with E-state index >= 15 is 0 Å². The molecule has 2 rings (SSSR count). The summed E-state index contributed by atoms with van der Waals surface area (Å²) in [6.45, 7) is 0. The van der Waals surface area contributed by atoms with Gasteiger partial charge < -0.3 is 4.74 Å². The van der Waals surface area contributed by atoms with Crippen LogP contribution in [0.2, 0.25) is 10.3 Å². The third-order valence-electron chi connectivity index (χ3n) is 2.00. The van der Waals surface area contributed by atoms with Crippen molar-refractivity contribution in [2.45, 2.75) is 0 Å². The summed E-state index contributed by atoms with van der Waals surface area (Å²) in [5.41, 5.74) is -0.400. The van der Waals surface area contributed by atoms with E-state index in [-0.39, 0.29) is 21.9 Å². The van der Waals surface area contributed by atoms with E-state index in [1.807, 2.05) is 0 Å². The van der Waals surface area contributed by atoms with E-state index in [0.717, 1.165) is 10.7 Å². The maximum atomic E-state index is 10.8. The number of hydrogen-bond donors (Lipinski definition) is 0. The topological polar surface area (TPSA) is 78.2 Å². The van der Waals surface area contributed by atoms with Crippen molar-refractivity contribution < 1.29 is 9.66 Å². The lowest BCUT2D eigenvalue weighted by Crippen LogP contribution is -1.98. The molecule has 0 atom stereocenters. The molecule has 6 nitrogen and oxygen atoms in total. The summed E-state index contributed by atoms with van der Waals surface area (Å²) in [4.78, 5) is 17.4. The second-order valence-corrected chi connectivity index (χ2v) is 4.92. The van der Waals surface area contributed by atoms with Gasteiger partial charge in [0.25, 0.3) is 0 Å². The Labute approximate surface area is 125 Å². The molecular weight excluding hydrogens is 361 g/mol. The fraction of sp³-hybridized carbons (Fsp3) is 0. The number of benzene rings is 1. The SMILES string of the molecule is O=[N+]([O-])c1cnc(Cl)nc1Oc1ccc(Br)cc1Cl. The molecule has 0 unspecified atom stereocenters. The standard InChI is InChI=1S/C10H4BrCl2N3O3/c11-5-1-2-8(6(12)3-5)19-9-7(16(17)18)4-14-10(13)15-9/h1-4H. The number of hydrogen-bond acceptors (Lipinski definition) is 5. The van der Waals surface area contributed by atoms with Crippen molar-refractivity contribution in [2.24, 2.45) is 0 Å². The van der Waals surface area contributed by atoms with Crippen LogP contribution in [0.15, 0.2) is 28.9 Å². The van der Waals surface area contributed by atoms with Gasteiger partial charge in [-0.1, -0.05) is 27.5 Å². The second-order valence-electron chi connectivity index (χ2n) is 3.26. The van der Waals surface area contributed by atoms with E-state index in [4.69, 9.17) is 27.9 Å². The molecule has 0 N–H and O–H groups in total. The zero-order chi connectivity index (χ0) is 14.0. The molecule has 0 amide bonds. The summed E-state index contributed by atoms with van der Waals surface area (Å²) < 4.78 is 6.06. The number of nitrogens with zero attached hydrogens (tertiary/aromatic N) is 3. The number of nitro groups is 1. The molecule has 2 aromatic rings. The Bertz CT molecular complexity index is 654. The molecule has 0 saturated carbocycles. The van der Waals surface area contributed by atoms with Gasteiger partial charge in [0, 0.05) is 4.47 Å². The lowest BCUT2D eigenvalue weighted by molar-refractivity contribution is -0.386. The van der Waals surface area contributed by atoms with Crippen molar-refractivity contribution in [3.63, 3.8) is 0 Å². The van der Waals surface area contributed by atoms with Crippen molar-refractivity contribution in [3.8, 4) is 11.6 Å². The van der Waals surface area contributed by atoms with E-state index in [1.54, 1.807) is 18.2 Å². The minimum Gasteiger partial charge on any atom is -0.432 e. The van der Waals surface area contributed by atoms with Crippen molar-refractivity contribution >= 4 is 44.8 Å². The average Bonchev–Trinajstić information content (AvgIpc) is 2.32. The first-order chi connectivity index (χ1) is 8.97. The van der Waals surface area contributed by atoms with Crippen LogP contribution in [0.25, 0.3) is 0 Å². The predicted octanol–water partition coefficient (Wildman–Crippen LogP) is 4.25. The van der Waals surface area contributed by atoms with Gasteiger partial charge in [0.2, 0.25) is 5.28 Å². The second kappa shape index (κ2) is 5.68. The van der Waals surface area contributed by atoms with Crippen LogP contribution in [0.5, 0.6) is 11.6 Å². The summed E-state index contributed by atoms with van der Waals surface area (Å²) in [5, 5.41) is 10.9. The fourth-order valence-electron chi connectivity index (χ4n) is 1.20. The van der Waals surface area contributed by atoms with E-state index in [0.29, 0.717) is 0 Å². The highest BCUT2D eigenvalue weighted by molar-refractivity contribution is 9.10. The number of halogens is 3. The maximum Gasteiger partial charge on any atom is 0.349 e. The largest absolute Gasteiger partial charge is 0.432 e.